The van der Waals surface area contributed by atoms with E-state index in [-0.39, 0.29) is 18.0 Å². The predicted molar refractivity (Wildman–Crippen MR) is 211 cm³/mol. The van der Waals surface area contributed by atoms with Gasteiger partial charge in [0, 0.05) is 48.8 Å². The highest BCUT2D eigenvalue weighted by molar-refractivity contribution is 5.67. The maximum atomic E-state index is 9.61. The number of likely N-dealkylation sites (N-methyl/N-ethyl adjacent to an activating group) is 2. The molecule has 6 bridgehead atoms. The Morgan fingerprint density at radius 2 is 1.38 bits per heavy atom. The Kier molecular flexibility index (Phi) is 10.5. The lowest BCUT2D eigenvalue weighted by molar-refractivity contribution is 0.190. The van der Waals surface area contributed by atoms with Crippen LogP contribution in [0.1, 0.15) is 63.9 Å². The van der Waals surface area contributed by atoms with E-state index in [4.69, 9.17) is 28.4 Å². The molecule has 5 heterocycles. The zero-order chi connectivity index (χ0) is 38.2. The minimum absolute atomic E-state index is 0.0662. The molecular formula is C45H52N4O6. The first kappa shape index (κ1) is 37.0. The molecule has 5 aliphatic heterocycles. The molecule has 0 spiro atoms. The number of ether oxygens (including phenoxy) is 6. The van der Waals surface area contributed by atoms with Gasteiger partial charge >= 0.3 is 0 Å². The van der Waals surface area contributed by atoms with Crippen molar-refractivity contribution < 1.29 is 28.4 Å². The first-order valence-corrected chi connectivity index (χ1v) is 19.5. The monoisotopic (exact) mass is 744 g/mol. The molecule has 0 aromatic heterocycles. The van der Waals surface area contributed by atoms with Gasteiger partial charge in [0.2, 0.25) is 5.75 Å². The minimum atomic E-state index is -0.0662. The largest absolute Gasteiger partial charge is 0.493 e. The summed E-state index contributed by atoms with van der Waals surface area (Å²) in [6.07, 6.45) is 4.99. The first-order valence-electron chi connectivity index (χ1n) is 19.5. The van der Waals surface area contributed by atoms with Crippen LogP contribution in [0.3, 0.4) is 0 Å². The van der Waals surface area contributed by atoms with Crippen LogP contribution < -0.4 is 28.4 Å². The van der Waals surface area contributed by atoms with E-state index in [0.717, 1.165) is 80.7 Å². The molecule has 4 aromatic carbocycles. The Balaban J connectivity index is 1.35. The van der Waals surface area contributed by atoms with E-state index < -0.39 is 0 Å². The Morgan fingerprint density at radius 3 is 2.09 bits per heavy atom. The van der Waals surface area contributed by atoms with Crippen LogP contribution in [0.2, 0.25) is 0 Å². The first-order chi connectivity index (χ1) is 26.8. The summed E-state index contributed by atoms with van der Waals surface area (Å²) in [5.41, 5.74) is 8.27. The molecule has 0 N–H and O–H groups in total. The summed E-state index contributed by atoms with van der Waals surface area (Å²) in [7, 11) is 11.2. The van der Waals surface area contributed by atoms with Crippen molar-refractivity contribution >= 4 is 0 Å². The second kappa shape index (κ2) is 15.7. The van der Waals surface area contributed by atoms with Crippen LogP contribution in [0.5, 0.6) is 46.0 Å². The van der Waals surface area contributed by atoms with Crippen molar-refractivity contribution in [3.63, 3.8) is 0 Å². The standard InChI is InChI=1S/C45H52N4O6/c1-47-17-15-31-24-39(51-4)41-25-34(31)36(47)21-28-7-10-32(11-8-28)54-40-23-30(9-12-38(40)50-3)22-37-42-33(16-18-48(37)2)35(27-49-19-13-29(26-46)14-20-49)43(52-5)45(53-6)44(42)55-41/h7-12,23-25,29,36-37H,13-22,27H2,1-6H3. The molecule has 4 aromatic rings. The van der Waals surface area contributed by atoms with Gasteiger partial charge in [-0.1, -0.05) is 18.2 Å². The zero-order valence-electron chi connectivity index (χ0n) is 32.9. The minimum Gasteiger partial charge on any atom is -0.493 e. The fourth-order valence-corrected chi connectivity index (χ4v) is 9.12. The Labute approximate surface area is 325 Å². The normalized spacial score (nSPS) is 20.2. The van der Waals surface area contributed by atoms with Crippen LogP contribution in [0.15, 0.2) is 54.6 Å². The molecule has 0 aliphatic carbocycles. The summed E-state index contributed by atoms with van der Waals surface area (Å²) < 4.78 is 38.3. The predicted octanol–water partition coefficient (Wildman–Crippen LogP) is 7.90. The van der Waals surface area contributed by atoms with Gasteiger partial charge in [-0.05, 0) is 130 Å². The molecule has 10 nitrogen and oxygen atoms in total. The Bertz CT molecular complexity index is 2090. The summed E-state index contributed by atoms with van der Waals surface area (Å²) in [5.74, 6) is 5.49. The number of likely N-dealkylation sites (tertiary alicyclic amines) is 1. The quantitative estimate of drug-likeness (QED) is 0.194. The third-order valence-electron chi connectivity index (χ3n) is 12.3. The number of rotatable bonds is 6. The van der Waals surface area contributed by atoms with Crippen molar-refractivity contribution in [1.82, 2.24) is 14.7 Å². The van der Waals surface area contributed by atoms with Crippen molar-refractivity contribution in [3.8, 4) is 52.1 Å². The molecule has 1 saturated heterocycles. The fraction of sp³-hybridized carbons (Fsp3) is 0.444. The van der Waals surface area contributed by atoms with Crippen molar-refractivity contribution in [3.05, 3.63) is 93.5 Å². The highest BCUT2D eigenvalue weighted by atomic mass is 16.5. The molecular weight excluding hydrogens is 693 g/mol. The molecule has 0 radical (unpaired) electrons. The smallest absolute Gasteiger partial charge is 0.204 e. The third kappa shape index (κ3) is 7.06. The van der Waals surface area contributed by atoms with Gasteiger partial charge < -0.3 is 28.4 Å². The average Bonchev–Trinajstić information content (AvgIpc) is 3.21. The van der Waals surface area contributed by atoms with E-state index in [1.165, 1.54) is 22.3 Å². The number of fused-ring (bicyclic) bond motifs is 2. The average molecular weight is 745 g/mol. The SMILES string of the molecule is COc1ccc2cc1Oc1ccc(cc1)CC1c3cc(c(OC)cc3CCN1C)Oc1c(OC)c(OC)c(CN3CCC(C#N)CC3)c3c1C(C2)N(C)CC3. The van der Waals surface area contributed by atoms with Crippen LogP contribution in [0.25, 0.3) is 0 Å². The molecule has 10 heteroatoms. The topological polar surface area (TPSA) is 88.9 Å². The van der Waals surface area contributed by atoms with Crippen molar-refractivity contribution in [2.45, 2.75) is 57.2 Å². The van der Waals surface area contributed by atoms with Crippen LogP contribution in [-0.4, -0.2) is 83.4 Å². The summed E-state index contributed by atoms with van der Waals surface area (Å²) in [6.45, 7) is 4.23. The van der Waals surface area contributed by atoms with E-state index >= 15 is 0 Å². The maximum Gasteiger partial charge on any atom is 0.204 e. The van der Waals surface area contributed by atoms with Gasteiger partial charge in [-0.2, -0.15) is 5.26 Å². The molecule has 1 fully saturated rings. The van der Waals surface area contributed by atoms with E-state index in [0.29, 0.717) is 53.2 Å². The molecule has 288 valence electrons. The Hall–Kier alpha value is -4.95. The van der Waals surface area contributed by atoms with Crippen LogP contribution >= 0.6 is 0 Å². The Morgan fingerprint density at radius 1 is 0.709 bits per heavy atom. The van der Waals surface area contributed by atoms with E-state index in [1.54, 1.807) is 28.4 Å². The number of hydrogen-bond acceptors (Lipinski definition) is 10. The van der Waals surface area contributed by atoms with Gasteiger partial charge in [0.25, 0.3) is 0 Å². The summed E-state index contributed by atoms with van der Waals surface area (Å²) in [4.78, 5) is 7.30. The number of nitrogens with zero attached hydrogens (tertiary/aromatic N) is 4. The number of piperidine rings is 1. The molecule has 5 aliphatic rings. The highest BCUT2D eigenvalue weighted by Gasteiger charge is 2.38. The third-order valence-corrected chi connectivity index (χ3v) is 12.3. The lowest BCUT2D eigenvalue weighted by Crippen LogP contribution is -2.37. The molecule has 0 saturated carbocycles. The van der Waals surface area contributed by atoms with Gasteiger partial charge in [0.15, 0.2) is 34.5 Å². The number of benzene rings is 4. The van der Waals surface area contributed by atoms with Gasteiger partial charge in [0.05, 0.1) is 34.5 Å². The summed E-state index contributed by atoms with van der Waals surface area (Å²) in [6, 6.07) is 21.6. The van der Waals surface area contributed by atoms with Gasteiger partial charge in [-0.3, -0.25) is 14.7 Å². The molecule has 2 unspecified atom stereocenters. The molecule has 2 atom stereocenters. The van der Waals surface area contributed by atoms with Gasteiger partial charge in [-0.25, -0.2) is 0 Å². The van der Waals surface area contributed by atoms with Crippen LogP contribution in [-0.2, 0) is 32.2 Å². The second-order valence-corrected chi connectivity index (χ2v) is 15.4. The van der Waals surface area contributed by atoms with E-state index in [9.17, 15) is 5.26 Å². The van der Waals surface area contributed by atoms with Crippen LogP contribution in [0, 0.1) is 17.2 Å². The second-order valence-electron chi connectivity index (χ2n) is 15.4. The number of nitriles is 1. The zero-order valence-corrected chi connectivity index (χ0v) is 32.9. The van der Waals surface area contributed by atoms with Crippen molar-refractivity contribution in [2.75, 3.05) is 68.7 Å². The summed E-state index contributed by atoms with van der Waals surface area (Å²) in [5, 5.41) is 9.61. The number of hydrogen-bond donors (Lipinski definition) is 0. The maximum absolute atomic E-state index is 9.61. The van der Waals surface area contributed by atoms with Gasteiger partial charge in [-0.15, -0.1) is 0 Å². The lowest BCUT2D eigenvalue weighted by atomic mass is 9.84. The molecule has 9 rings (SSSR count). The fourth-order valence-electron chi connectivity index (χ4n) is 9.12. The van der Waals surface area contributed by atoms with E-state index in [1.807, 2.05) is 6.07 Å². The number of methoxy groups -OCH3 is 4. The van der Waals surface area contributed by atoms with Crippen molar-refractivity contribution in [2.24, 2.45) is 5.92 Å². The van der Waals surface area contributed by atoms with Gasteiger partial charge in [0.1, 0.15) is 5.75 Å². The molecule has 0 amide bonds. The highest BCUT2D eigenvalue weighted by Crippen LogP contribution is 2.54. The lowest BCUT2D eigenvalue weighted by Gasteiger charge is -2.39. The van der Waals surface area contributed by atoms with Crippen molar-refractivity contribution in [1.29, 1.82) is 5.26 Å². The molecule has 55 heavy (non-hydrogen) atoms. The van der Waals surface area contributed by atoms with Crippen LogP contribution in [0.4, 0.5) is 0 Å². The summed E-state index contributed by atoms with van der Waals surface area (Å²) >= 11 is 0. The van der Waals surface area contributed by atoms with E-state index in [2.05, 4.69) is 83.4 Å².